The molecular weight excluding hydrogens is 318 g/mol. The summed E-state index contributed by atoms with van der Waals surface area (Å²) in [6, 6.07) is 10.1. The fraction of sp³-hybridized carbons (Fsp3) is 0. The van der Waals surface area contributed by atoms with Gasteiger partial charge in [-0.3, -0.25) is 4.98 Å². The van der Waals surface area contributed by atoms with Crippen molar-refractivity contribution in [3.63, 3.8) is 0 Å². The molecule has 78 valence electrons. The lowest BCUT2D eigenvalue weighted by atomic mass is 10.1. The quantitative estimate of drug-likeness (QED) is 0.754. The Bertz CT molecular complexity index is 575. The molecule has 0 aliphatic rings. The van der Waals surface area contributed by atoms with Gasteiger partial charge < -0.3 is 0 Å². The van der Waals surface area contributed by atoms with Gasteiger partial charge in [0.2, 0.25) is 0 Å². The first kappa shape index (κ1) is 11.0. The van der Waals surface area contributed by atoms with Gasteiger partial charge in [0.05, 0.1) is 11.3 Å². The number of aromatic nitrogens is 1. The zero-order valence-electron chi connectivity index (χ0n) is 8.11. The molecular formula is C12H6FIN2. The van der Waals surface area contributed by atoms with Crippen LogP contribution in [0.5, 0.6) is 0 Å². The Morgan fingerprint density at radius 1 is 1.25 bits per heavy atom. The van der Waals surface area contributed by atoms with E-state index < -0.39 is 0 Å². The maximum Gasteiger partial charge on any atom is 0.132 e. The van der Waals surface area contributed by atoms with E-state index in [2.05, 4.69) is 11.1 Å². The SMILES string of the molecule is N#Cc1c(I)ccnc1-c1ccccc1F. The van der Waals surface area contributed by atoms with Crippen LogP contribution in [0.25, 0.3) is 11.3 Å². The minimum atomic E-state index is -0.367. The van der Waals surface area contributed by atoms with Gasteiger partial charge in [0, 0.05) is 15.3 Å². The molecule has 1 heterocycles. The first-order chi connectivity index (χ1) is 7.74. The predicted molar refractivity (Wildman–Crippen MR) is 67.1 cm³/mol. The topological polar surface area (TPSA) is 36.7 Å². The van der Waals surface area contributed by atoms with Crippen LogP contribution in [0.15, 0.2) is 36.5 Å². The Balaban J connectivity index is 2.71. The lowest BCUT2D eigenvalue weighted by Gasteiger charge is -2.05. The molecule has 0 aliphatic carbocycles. The Morgan fingerprint density at radius 3 is 2.69 bits per heavy atom. The summed E-state index contributed by atoms with van der Waals surface area (Å²) in [5.74, 6) is -0.367. The molecule has 0 atom stereocenters. The molecule has 1 aromatic heterocycles. The Morgan fingerprint density at radius 2 is 2.00 bits per heavy atom. The lowest BCUT2D eigenvalue weighted by Crippen LogP contribution is -1.94. The van der Waals surface area contributed by atoms with E-state index in [0.29, 0.717) is 16.8 Å². The van der Waals surface area contributed by atoms with E-state index in [-0.39, 0.29) is 5.82 Å². The van der Waals surface area contributed by atoms with Crippen LogP contribution in [-0.4, -0.2) is 4.98 Å². The molecule has 0 aliphatic heterocycles. The predicted octanol–water partition coefficient (Wildman–Crippen LogP) is 3.36. The third kappa shape index (κ3) is 1.91. The van der Waals surface area contributed by atoms with Gasteiger partial charge in [-0.15, -0.1) is 0 Å². The summed E-state index contributed by atoms with van der Waals surface area (Å²) in [6.07, 6.45) is 1.57. The van der Waals surface area contributed by atoms with Gasteiger partial charge >= 0.3 is 0 Å². The summed E-state index contributed by atoms with van der Waals surface area (Å²) in [7, 11) is 0. The van der Waals surface area contributed by atoms with Crippen molar-refractivity contribution in [3.8, 4) is 17.3 Å². The second-order valence-electron chi connectivity index (χ2n) is 3.11. The summed E-state index contributed by atoms with van der Waals surface area (Å²) in [6.45, 7) is 0. The molecule has 0 radical (unpaired) electrons. The Labute approximate surface area is 106 Å². The monoisotopic (exact) mass is 324 g/mol. The number of benzene rings is 1. The van der Waals surface area contributed by atoms with Crippen LogP contribution in [0.4, 0.5) is 4.39 Å². The van der Waals surface area contributed by atoms with E-state index in [1.165, 1.54) is 6.07 Å². The van der Waals surface area contributed by atoms with E-state index in [0.717, 1.165) is 3.57 Å². The molecule has 16 heavy (non-hydrogen) atoms. The number of halogens is 2. The van der Waals surface area contributed by atoms with Crippen LogP contribution in [0.3, 0.4) is 0 Å². The van der Waals surface area contributed by atoms with Gasteiger partial charge in [0.15, 0.2) is 0 Å². The smallest absolute Gasteiger partial charge is 0.132 e. The van der Waals surface area contributed by atoms with Crippen molar-refractivity contribution in [2.24, 2.45) is 0 Å². The van der Waals surface area contributed by atoms with Crippen LogP contribution < -0.4 is 0 Å². The molecule has 4 heteroatoms. The van der Waals surface area contributed by atoms with Crippen LogP contribution in [0, 0.1) is 20.7 Å². The second kappa shape index (κ2) is 4.58. The fourth-order valence-corrected chi connectivity index (χ4v) is 1.94. The molecule has 2 nitrogen and oxygen atoms in total. The Hall–Kier alpha value is -1.48. The Kier molecular flexibility index (Phi) is 3.15. The van der Waals surface area contributed by atoms with Crippen molar-refractivity contribution >= 4 is 22.6 Å². The zero-order chi connectivity index (χ0) is 11.5. The third-order valence-electron chi connectivity index (χ3n) is 2.14. The summed E-state index contributed by atoms with van der Waals surface area (Å²) in [5.41, 5.74) is 1.17. The molecule has 0 N–H and O–H groups in total. The highest BCUT2D eigenvalue weighted by molar-refractivity contribution is 14.1. The van der Waals surface area contributed by atoms with Crippen LogP contribution >= 0.6 is 22.6 Å². The van der Waals surface area contributed by atoms with Gasteiger partial charge in [0.25, 0.3) is 0 Å². The molecule has 2 aromatic rings. The van der Waals surface area contributed by atoms with Gasteiger partial charge in [-0.2, -0.15) is 5.26 Å². The summed E-state index contributed by atoms with van der Waals surface area (Å²) >= 11 is 2.04. The molecule has 1 aromatic carbocycles. The van der Waals surface area contributed by atoms with Crippen LogP contribution in [0.2, 0.25) is 0 Å². The van der Waals surface area contributed by atoms with E-state index in [1.54, 1.807) is 30.5 Å². The number of hydrogen-bond donors (Lipinski definition) is 0. The minimum absolute atomic E-state index is 0.359. The van der Waals surface area contributed by atoms with Crippen molar-refractivity contribution in [1.82, 2.24) is 4.98 Å². The summed E-state index contributed by atoms with van der Waals surface area (Å²) in [5, 5.41) is 9.03. The maximum absolute atomic E-state index is 13.6. The highest BCUT2D eigenvalue weighted by Crippen LogP contribution is 2.26. The molecule has 0 spiro atoms. The van der Waals surface area contributed by atoms with Crippen molar-refractivity contribution in [3.05, 3.63) is 51.5 Å². The number of pyridine rings is 1. The van der Waals surface area contributed by atoms with Crippen molar-refractivity contribution in [1.29, 1.82) is 5.26 Å². The highest BCUT2D eigenvalue weighted by Gasteiger charge is 2.12. The van der Waals surface area contributed by atoms with Gasteiger partial charge in [-0.05, 0) is 40.8 Å². The molecule has 0 fully saturated rings. The number of hydrogen-bond acceptors (Lipinski definition) is 2. The van der Waals surface area contributed by atoms with Gasteiger partial charge in [-0.25, -0.2) is 4.39 Å². The molecule has 0 unspecified atom stereocenters. The number of nitrogens with zero attached hydrogens (tertiary/aromatic N) is 2. The molecule has 0 saturated heterocycles. The number of rotatable bonds is 1. The summed E-state index contributed by atoms with van der Waals surface area (Å²) in [4.78, 5) is 4.07. The first-order valence-corrected chi connectivity index (χ1v) is 5.61. The highest BCUT2D eigenvalue weighted by atomic mass is 127. The van der Waals surface area contributed by atoms with Crippen molar-refractivity contribution < 1.29 is 4.39 Å². The van der Waals surface area contributed by atoms with Gasteiger partial charge in [0.1, 0.15) is 11.9 Å². The average Bonchev–Trinajstić information content (AvgIpc) is 2.29. The largest absolute Gasteiger partial charge is 0.255 e. The average molecular weight is 324 g/mol. The zero-order valence-corrected chi connectivity index (χ0v) is 10.3. The maximum atomic E-state index is 13.6. The van der Waals surface area contributed by atoms with E-state index in [1.807, 2.05) is 22.6 Å². The molecule has 0 amide bonds. The van der Waals surface area contributed by atoms with Crippen LogP contribution in [-0.2, 0) is 0 Å². The molecule has 2 rings (SSSR count). The normalized spacial score (nSPS) is 9.81. The van der Waals surface area contributed by atoms with Gasteiger partial charge in [-0.1, -0.05) is 12.1 Å². The molecule has 0 bridgehead atoms. The van der Waals surface area contributed by atoms with E-state index in [4.69, 9.17) is 5.26 Å². The van der Waals surface area contributed by atoms with E-state index in [9.17, 15) is 4.39 Å². The van der Waals surface area contributed by atoms with Crippen molar-refractivity contribution in [2.45, 2.75) is 0 Å². The second-order valence-corrected chi connectivity index (χ2v) is 4.27. The standard InChI is InChI=1S/C12H6FIN2/c13-10-4-2-1-3-8(10)12-9(7-15)11(14)5-6-16-12/h1-6H. The fourth-order valence-electron chi connectivity index (χ4n) is 1.40. The minimum Gasteiger partial charge on any atom is -0.255 e. The van der Waals surface area contributed by atoms with E-state index >= 15 is 0 Å². The van der Waals surface area contributed by atoms with Crippen molar-refractivity contribution in [2.75, 3.05) is 0 Å². The molecule has 0 saturated carbocycles. The van der Waals surface area contributed by atoms with Crippen LogP contribution in [0.1, 0.15) is 5.56 Å². The number of nitriles is 1. The lowest BCUT2D eigenvalue weighted by molar-refractivity contribution is 0.630. The third-order valence-corrected chi connectivity index (χ3v) is 3.04. The summed E-state index contributed by atoms with van der Waals surface area (Å²) < 4.78 is 14.3. The first-order valence-electron chi connectivity index (χ1n) is 4.53.